The van der Waals surface area contributed by atoms with Gasteiger partial charge >= 0.3 is 6.18 Å². The quantitative estimate of drug-likeness (QED) is 0.592. The summed E-state index contributed by atoms with van der Waals surface area (Å²) in [5.41, 5.74) is -1.01. The van der Waals surface area contributed by atoms with E-state index in [0.29, 0.717) is 12.1 Å². The number of halogens is 5. The van der Waals surface area contributed by atoms with E-state index >= 15 is 0 Å². The lowest BCUT2D eigenvalue weighted by atomic mass is 10.2. The third kappa shape index (κ3) is 3.35. The standard InChI is InChI=1S/C12H6ClF4NO/c13-10-5-7(12(15,16)17)6-11(18-10)19-9-4-2-1-3-8(9)14/h1-6H. The Morgan fingerprint density at radius 3 is 2.42 bits per heavy atom. The molecule has 0 fully saturated rings. The number of benzene rings is 1. The topological polar surface area (TPSA) is 22.1 Å². The minimum Gasteiger partial charge on any atom is -0.436 e. The Kier molecular flexibility index (Phi) is 3.61. The lowest BCUT2D eigenvalue weighted by Gasteiger charge is -2.10. The number of para-hydroxylation sites is 1. The SMILES string of the molecule is Fc1ccccc1Oc1cc(C(F)(F)F)cc(Cl)n1. The number of hydrogen-bond donors (Lipinski definition) is 0. The van der Waals surface area contributed by atoms with E-state index in [1.165, 1.54) is 18.2 Å². The first-order valence-corrected chi connectivity index (χ1v) is 5.41. The summed E-state index contributed by atoms with van der Waals surface area (Å²) in [7, 11) is 0. The van der Waals surface area contributed by atoms with Crippen LogP contribution in [-0.2, 0) is 6.18 Å². The molecule has 0 saturated heterocycles. The second-order valence-electron chi connectivity index (χ2n) is 3.55. The molecule has 0 spiro atoms. The Bertz CT molecular complexity index is 601. The van der Waals surface area contributed by atoms with Gasteiger partial charge in [-0.05, 0) is 18.2 Å². The predicted molar refractivity (Wildman–Crippen MR) is 60.7 cm³/mol. The molecule has 0 bridgehead atoms. The molecule has 19 heavy (non-hydrogen) atoms. The Morgan fingerprint density at radius 1 is 1.11 bits per heavy atom. The number of nitrogens with zero attached hydrogens (tertiary/aromatic N) is 1. The van der Waals surface area contributed by atoms with Crippen LogP contribution < -0.4 is 4.74 Å². The van der Waals surface area contributed by atoms with Gasteiger partial charge in [0.25, 0.3) is 0 Å². The number of alkyl halides is 3. The molecule has 0 radical (unpaired) electrons. The monoisotopic (exact) mass is 291 g/mol. The normalized spacial score (nSPS) is 11.4. The molecule has 0 N–H and O–H groups in total. The third-order valence-electron chi connectivity index (χ3n) is 2.15. The fourth-order valence-electron chi connectivity index (χ4n) is 1.33. The van der Waals surface area contributed by atoms with E-state index in [1.54, 1.807) is 0 Å². The highest BCUT2D eigenvalue weighted by Gasteiger charge is 2.32. The second kappa shape index (κ2) is 5.05. The van der Waals surface area contributed by atoms with Crippen LogP contribution in [0.2, 0.25) is 5.15 Å². The van der Waals surface area contributed by atoms with E-state index in [-0.39, 0.29) is 10.9 Å². The third-order valence-corrected chi connectivity index (χ3v) is 2.34. The highest BCUT2D eigenvalue weighted by Crippen LogP contribution is 2.34. The van der Waals surface area contributed by atoms with Gasteiger partial charge in [-0.2, -0.15) is 13.2 Å². The van der Waals surface area contributed by atoms with Crippen molar-refractivity contribution in [1.29, 1.82) is 0 Å². The highest BCUT2D eigenvalue weighted by molar-refractivity contribution is 6.29. The van der Waals surface area contributed by atoms with Crippen LogP contribution in [0, 0.1) is 5.82 Å². The fraction of sp³-hybridized carbons (Fsp3) is 0.0833. The maximum absolute atomic E-state index is 13.3. The van der Waals surface area contributed by atoms with E-state index in [0.717, 1.165) is 6.07 Å². The zero-order valence-corrected chi connectivity index (χ0v) is 9.97. The van der Waals surface area contributed by atoms with Crippen LogP contribution in [-0.4, -0.2) is 4.98 Å². The highest BCUT2D eigenvalue weighted by atomic mass is 35.5. The van der Waals surface area contributed by atoms with Crippen molar-refractivity contribution < 1.29 is 22.3 Å². The smallest absolute Gasteiger partial charge is 0.416 e. The van der Waals surface area contributed by atoms with Crippen molar-refractivity contribution in [3.8, 4) is 11.6 Å². The van der Waals surface area contributed by atoms with Gasteiger partial charge in [-0.3, -0.25) is 0 Å². The van der Waals surface area contributed by atoms with Gasteiger partial charge in [0.05, 0.1) is 5.56 Å². The molecule has 0 amide bonds. The molecule has 7 heteroatoms. The molecule has 1 aromatic carbocycles. The minimum absolute atomic E-state index is 0.231. The van der Waals surface area contributed by atoms with E-state index in [4.69, 9.17) is 16.3 Å². The van der Waals surface area contributed by atoms with Crippen molar-refractivity contribution in [2.45, 2.75) is 6.18 Å². The summed E-state index contributed by atoms with van der Waals surface area (Å²) in [4.78, 5) is 3.56. The summed E-state index contributed by atoms with van der Waals surface area (Å²) in [6, 6.07) is 6.60. The molecule has 0 aliphatic heterocycles. The van der Waals surface area contributed by atoms with Gasteiger partial charge in [0.15, 0.2) is 11.6 Å². The average Bonchev–Trinajstić information content (AvgIpc) is 2.30. The summed E-state index contributed by atoms with van der Waals surface area (Å²) in [5.74, 6) is -1.37. The van der Waals surface area contributed by atoms with E-state index in [9.17, 15) is 17.6 Å². The van der Waals surface area contributed by atoms with E-state index < -0.39 is 23.4 Å². The molecule has 0 saturated carbocycles. The lowest BCUT2D eigenvalue weighted by Crippen LogP contribution is -2.06. The van der Waals surface area contributed by atoms with Crippen molar-refractivity contribution in [2.24, 2.45) is 0 Å². The lowest BCUT2D eigenvalue weighted by molar-refractivity contribution is -0.137. The largest absolute Gasteiger partial charge is 0.436 e. The zero-order chi connectivity index (χ0) is 14.0. The molecule has 2 nitrogen and oxygen atoms in total. The van der Waals surface area contributed by atoms with E-state index in [2.05, 4.69) is 4.98 Å². The first-order chi connectivity index (χ1) is 8.86. The summed E-state index contributed by atoms with van der Waals surface area (Å²) in [6.07, 6.45) is -4.58. The van der Waals surface area contributed by atoms with Gasteiger partial charge in [0, 0.05) is 6.07 Å². The van der Waals surface area contributed by atoms with Crippen LogP contribution in [0.15, 0.2) is 36.4 Å². The second-order valence-corrected chi connectivity index (χ2v) is 3.93. The molecule has 0 unspecified atom stereocenters. The van der Waals surface area contributed by atoms with Gasteiger partial charge in [0.2, 0.25) is 5.88 Å². The fourth-order valence-corrected chi connectivity index (χ4v) is 1.53. The Morgan fingerprint density at radius 2 is 1.79 bits per heavy atom. The van der Waals surface area contributed by atoms with Crippen molar-refractivity contribution >= 4 is 11.6 Å². The first-order valence-electron chi connectivity index (χ1n) is 5.03. The summed E-state index contributed by atoms with van der Waals surface area (Å²) in [5, 5.41) is -0.388. The van der Waals surface area contributed by atoms with Crippen molar-refractivity contribution in [1.82, 2.24) is 4.98 Å². The van der Waals surface area contributed by atoms with Crippen LogP contribution in [0.4, 0.5) is 17.6 Å². The molecular weight excluding hydrogens is 286 g/mol. The number of pyridine rings is 1. The number of rotatable bonds is 2. The molecular formula is C12H6ClF4NO. The predicted octanol–water partition coefficient (Wildman–Crippen LogP) is 4.69. The molecule has 2 rings (SSSR count). The minimum atomic E-state index is -4.58. The maximum atomic E-state index is 13.3. The molecule has 2 aromatic rings. The molecule has 0 atom stereocenters. The van der Waals surface area contributed by atoms with Crippen LogP contribution in [0.25, 0.3) is 0 Å². The number of hydrogen-bond acceptors (Lipinski definition) is 2. The molecule has 1 heterocycles. The van der Waals surface area contributed by atoms with Gasteiger partial charge in [-0.25, -0.2) is 9.37 Å². The van der Waals surface area contributed by atoms with Crippen LogP contribution >= 0.6 is 11.6 Å². The summed E-state index contributed by atoms with van der Waals surface area (Å²) >= 11 is 5.48. The molecule has 0 aliphatic rings. The van der Waals surface area contributed by atoms with Crippen molar-refractivity contribution in [3.05, 3.63) is 52.9 Å². The number of aromatic nitrogens is 1. The van der Waals surface area contributed by atoms with Gasteiger partial charge < -0.3 is 4.74 Å². The molecule has 100 valence electrons. The van der Waals surface area contributed by atoms with E-state index in [1.807, 2.05) is 0 Å². The zero-order valence-electron chi connectivity index (χ0n) is 9.21. The average molecular weight is 292 g/mol. The molecule has 1 aromatic heterocycles. The van der Waals surface area contributed by atoms with Gasteiger partial charge in [0.1, 0.15) is 5.15 Å². The summed E-state index contributed by atoms with van der Waals surface area (Å²) in [6.45, 7) is 0. The Hall–Kier alpha value is -1.82. The van der Waals surface area contributed by atoms with Crippen LogP contribution in [0.1, 0.15) is 5.56 Å². The summed E-state index contributed by atoms with van der Waals surface area (Å²) < 4.78 is 55.9. The van der Waals surface area contributed by atoms with Crippen molar-refractivity contribution in [2.75, 3.05) is 0 Å². The Labute approximate surface area is 110 Å². The van der Waals surface area contributed by atoms with Crippen LogP contribution in [0.5, 0.6) is 11.6 Å². The maximum Gasteiger partial charge on any atom is 0.416 e. The first kappa shape index (κ1) is 13.6. The number of ether oxygens (including phenoxy) is 1. The van der Waals surface area contributed by atoms with Crippen molar-refractivity contribution in [3.63, 3.8) is 0 Å². The van der Waals surface area contributed by atoms with Crippen LogP contribution in [0.3, 0.4) is 0 Å². The molecule has 0 aliphatic carbocycles. The van der Waals surface area contributed by atoms with Gasteiger partial charge in [-0.15, -0.1) is 0 Å². The Balaban J connectivity index is 2.36. The van der Waals surface area contributed by atoms with Gasteiger partial charge in [-0.1, -0.05) is 23.7 Å².